The van der Waals surface area contributed by atoms with E-state index < -0.39 is 10.0 Å². The molecule has 25 heavy (non-hydrogen) atoms. The predicted molar refractivity (Wildman–Crippen MR) is 90.3 cm³/mol. The summed E-state index contributed by atoms with van der Waals surface area (Å²) in [6, 6.07) is 6.07. The molecular formula is C16H19N5O3S. The third kappa shape index (κ3) is 3.05. The van der Waals surface area contributed by atoms with Gasteiger partial charge in [0.15, 0.2) is 0 Å². The van der Waals surface area contributed by atoms with Gasteiger partial charge in [-0.2, -0.15) is 5.10 Å². The van der Waals surface area contributed by atoms with Crippen molar-refractivity contribution in [3.8, 4) is 0 Å². The lowest BCUT2D eigenvalue weighted by Crippen LogP contribution is -2.33. The molecule has 1 amide bonds. The molecule has 0 saturated carbocycles. The number of hydrogen-bond donors (Lipinski definition) is 1. The fourth-order valence-corrected chi connectivity index (χ4v) is 4.61. The fourth-order valence-electron chi connectivity index (χ4n) is 3.38. The highest BCUT2D eigenvalue weighted by atomic mass is 32.2. The first-order valence-corrected chi connectivity index (χ1v) is 9.83. The van der Waals surface area contributed by atoms with E-state index in [1.165, 1.54) is 18.5 Å². The van der Waals surface area contributed by atoms with Crippen molar-refractivity contribution in [2.75, 3.05) is 11.4 Å². The lowest BCUT2D eigenvalue weighted by molar-refractivity contribution is -0.117. The molecule has 1 saturated heterocycles. The van der Waals surface area contributed by atoms with Crippen LogP contribution in [0.5, 0.6) is 0 Å². The number of aromatic nitrogens is 3. The number of hydrogen-bond acceptors (Lipinski definition) is 5. The van der Waals surface area contributed by atoms with E-state index in [9.17, 15) is 13.2 Å². The molecule has 9 heteroatoms. The lowest BCUT2D eigenvalue weighted by Gasteiger charge is -2.23. The largest absolute Gasteiger partial charge is 0.312 e. The number of nitrogens with one attached hydrogen (secondary N) is 1. The van der Waals surface area contributed by atoms with Crippen molar-refractivity contribution in [1.82, 2.24) is 19.5 Å². The van der Waals surface area contributed by atoms with Crippen molar-refractivity contribution >= 4 is 21.6 Å². The maximum absolute atomic E-state index is 12.7. The average molecular weight is 361 g/mol. The first-order chi connectivity index (χ1) is 12.0. The number of sulfonamides is 1. The zero-order valence-electron chi connectivity index (χ0n) is 13.6. The molecule has 1 fully saturated rings. The van der Waals surface area contributed by atoms with Gasteiger partial charge in [-0.3, -0.25) is 4.79 Å². The molecule has 0 radical (unpaired) electrons. The third-order valence-electron chi connectivity index (χ3n) is 4.65. The van der Waals surface area contributed by atoms with Crippen LogP contribution >= 0.6 is 0 Å². The minimum Gasteiger partial charge on any atom is -0.312 e. The number of carbonyl (C=O) groups excluding carboxylic acids is 1. The van der Waals surface area contributed by atoms with Gasteiger partial charge in [0.05, 0.1) is 10.9 Å². The molecule has 4 rings (SSSR count). The number of rotatable bonds is 4. The summed E-state index contributed by atoms with van der Waals surface area (Å²) in [5.41, 5.74) is 0.735. The van der Waals surface area contributed by atoms with Gasteiger partial charge in [0.25, 0.3) is 0 Å². The summed E-state index contributed by atoms with van der Waals surface area (Å²) < 4.78 is 29.8. The summed E-state index contributed by atoms with van der Waals surface area (Å²) >= 11 is 0. The van der Waals surface area contributed by atoms with Crippen LogP contribution in [0.4, 0.5) is 5.69 Å². The molecule has 1 atom stereocenters. The molecule has 8 nitrogen and oxygen atoms in total. The van der Waals surface area contributed by atoms with Gasteiger partial charge in [0.1, 0.15) is 12.2 Å². The van der Waals surface area contributed by atoms with Crippen LogP contribution in [-0.2, 0) is 21.4 Å². The maximum atomic E-state index is 12.7. The van der Waals surface area contributed by atoms with E-state index in [0.717, 1.165) is 25.1 Å². The second kappa shape index (κ2) is 6.23. The molecule has 1 aromatic carbocycles. The van der Waals surface area contributed by atoms with Crippen molar-refractivity contribution in [1.29, 1.82) is 0 Å². The zero-order valence-corrected chi connectivity index (χ0v) is 14.4. The number of aryl methyl sites for hydroxylation is 1. The fraction of sp³-hybridized carbons (Fsp3) is 0.438. The Kier molecular flexibility index (Phi) is 4.04. The number of nitrogens with zero attached hydrogens (tertiary/aromatic N) is 4. The van der Waals surface area contributed by atoms with Crippen LogP contribution in [0.25, 0.3) is 0 Å². The summed E-state index contributed by atoms with van der Waals surface area (Å²) in [6.07, 6.45) is 4.37. The van der Waals surface area contributed by atoms with Gasteiger partial charge in [-0.1, -0.05) is 0 Å². The lowest BCUT2D eigenvalue weighted by atomic mass is 10.1. The Hall–Kier alpha value is -2.26. The Morgan fingerprint density at radius 1 is 1.12 bits per heavy atom. The molecule has 1 unspecified atom stereocenters. The summed E-state index contributed by atoms with van der Waals surface area (Å²) in [6.45, 7) is 1.44. The van der Waals surface area contributed by atoms with E-state index in [1.807, 2.05) is 0 Å². The Labute approximate surface area is 145 Å². The van der Waals surface area contributed by atoms with Crippen LogP contribution in [0.2, 0.25) is 0 Å². The molecule has 1 aromatic heterocycles. The number of carbonyl (C=O) groups is 1. The van der Waals surface area contributed by atoms with Gasteiger partial charge >= 0.3 is 0 Å². The van der Waals surface area contributed by atoms with Crippen LogP contribution in [-0.4, -0.2) is 35.6 Å². The smallest absolute Gasteiger partial charge is 0.241 e. The zero-order chi connectivity index (χ0) is 17.4. The van der Waals surface area contributed by atoms with Crippen LogP contribution in [0, 0.1) is 0 Å². The van der Waals surface area contributed by atoms with E-state index in [0.29, 0.717) is 25.2 Å². The highest BCUT2D eigenvalue weighted by molar-refractivity contribution is 7.89. The summed E-state index contributed by atoms with van der Waals surface area (Å²) in [5, 5.41) is 4.11. The third-order valence-corrected chi connectivity index (χ3v) is 6.14. The van der Waals surface area contributed by atoms with E-state index in [4.69, 9.17) is 0 Å². The number of anilines is 1. The standard InChI is InChI=1S/C16H19N5O3S/c22-15-4-2-9-20(15)12-5-7-13(8-6-12)25(23,24)19-14-3-1-10-21-16(14)17-11-18-21/h5-8,11,14,19H,1-4,9-10H2. The highest BCUT2D eigenvalue weighted by Gasteiger charge is 2.28. The molecule has 132 valence electrons. The van der Waals surface area contributed by atoms with Crippen LogP contribution in [0.1, 0.15) is 37.5 Å². The number of benzene rings is 1. The molecule has 3 heterocycles. The molecule has 0 bridgehead atoms. The van der Waals surface area contributed by atoms with Gasteiger partial charge in [-0.05, 0) is 43.5 Å². The molecule has 2 aromatic rings. The Morgan fingerprint density at radius 3 is 2.64 bits per heavy atom. The number of fused-ring (bicyclic) bond motifs is 1. The van der Waals surface area contributed by atoms with Crippen molar-refractivity contribution in [2.45, 2.75) is 43.2 Å². The molecule has 2 aliphatic rings. The first kappa shape index (κ1) is 16.2. The van der Waals surface area contributed by atoms with Gasteiger partial charge in [0, 0.05) is 25.2 Å². The van der Waals surface area contributed by atoms with E-state index >= 15 is 0 Å². The molecule has 0 spiro atoms. The van der Waals surface area contributed by atoms with Crippen molar-refractivity contribution in [3.63, 3.8) is 0 Å². The van der Waals surface area contributed by atoms with Gasteiger partial charge in [-0.25, -0.2) is 22.8 Å². The Bertz CT molecular complexity index is 891. The summed E-state index contributed by atoms with van der Waals surface area (Å²) in [5.74, 6) is 0.726. The van der Waals surface area contributed by atoms with E-state index in [2.05, 4.69) is 14.8 Å². The Balaban J connectivity index is 1.54. The SMILES string of the molecule is O=C1CCCN1c1ccc(S(=O)(=O)NC2CCCn3ncnc32)cc1. The minimum absolute atomic E-state index is 0.0790. The van der Waals surface area contributed by atoms with Crippen LogP contribution in [0.3, 0.4) is 0 Å². The molecule has 0 aliphatic carbocycles. The van der Waals surface area contributed by atoms with Crippen molar-refractivity contribution in [2.24, 2.45) is 0 Å². The monoisotopic (exact) mass is 361 g/mol. The van der Waals surface area contributed by atoms with Gasteiger partial charge < -0.3 is 4.90 Å². The average Bonchev–Trinajstić information content (AvgIpc) is 3.24. The predicted octanol–water partition coefficient (Wildman–Crippen LogP) is 1.22. The maximum Gasteiger partial charge on any atom is 0.241 e. The summed E-state index contributed by atoms with van der Waals surface area (Å²) in [4.78, 5) is 17.8. The van der Waals surface area contributed by atoms with Gasteiger partial charge in [0.2, 0.25) is 15.9 Å². The minimum atomic E-state index is -3.67. The highest BCUT2D eigenvalue weighted by Crippen LogP contribution is 2.26. The van der Waals surface area contributed by atoms with Crippen molar-refractivity contribution < 1.29 is 13.2 Å². The van der Waals surface area contributed by atoms with Gasteiger partial charge in [-0.15, -0.1) is 0 Å². The van der Waals surface area contributed by atoms with E-state index in [1.54, 1.807) is 21.7 Å². The molecule has 2 aliphatic heterocycles. The summed E-state index contributed by atoms with van der Waals surface area (Å²) in [7, 11) is -3.67. The Morgan fingerprint density at radius 2 is 1.92 bits per heavy atom. The van der Waals surface area contributed by atoms with Crippen LogP contribution < -0.4 is 9.62 Å². The van der Waals surface area contributed by atoms with Crippen molar-refractivity contribution in [3.05, 3.63) is 36.4 Å². The van der Waals surface area contributed by atoms with E-state index in [-0.39, 0.29) is 16.8 Å². The second-order valence-corrected chi connectivity index (χ2v) is 8.01. The first-order valence-electron chi connectivity index (χ1n) is 8.35. The number of amides is 1. The van der Waals surface area contributed by atoms with Crippen LogP contribution in [0.15, 0.2) is 35.5 Å². The topological polar surface area (TPSA) is 97.2 Å². The molecule has 1 N–H and O–H groups in total. The quantitative estimate of drug-likeness (QED) is 0.883. The normalized spacial score (nSPS) is 20.7. The second-order valence-electron chi connectivity index (χ2n) is 6.30. The molecular weight excluding hydrogens is 342 g/mol.